The number of carboxylic acid groups (broad SMARTS) is 1. The Morgan fingerprint density at radius 3 is 2.33 bits per heavy atom. The maximum absolute atomic E-state index is 12.5. The van der Waals surface area contributed by atoms with Gasteiger partial charge in [-0.25, -0.2) is 18.0 Å². The molecule has 2 aliphatic rings. The first-order chi connectivity index (χ1) is 10.8. The summed E-state index contributed by atoms with van der Waals surface area (Å²) in [4.78, 5) is 35.7. The van der Waals surface area contributed by atoms with Crippen LogP contribution in [-0.4, -0.2) is 47.2 Å². The maximum atomic E-state index is 12.5. The highest BCUT2D eigenvalue weighted by Crippen LogP contribution is 2.44. The van der Waals surface area contributed by atoms with E-state index in [4.69, 9.17) is 4.74 Å². The number of esters is 1. The predicted molar refractivity (Wildman–Crippen MR) is 83.0 cm³/mol. The van der Waals surface area contributed by atoms with Crippen LogP contribution in [0, 0.1) is 0 Å². The molecule has 1 unspecified atom stereocenters. The van der Waals surface area contributed by atoms with Gasteiger partial charge in [-0.15, -0.1) is 0 Å². The number of allylic oxidation sites excluding steroid dienone is 1. The van der Waals surface area contributed by atoms with Crippen LogP contribution < -0.4 is 0 Å². The normalized spacial score (nSPS) is 24.6. The fraction of sp³-hybridized carbons (Fsp3) is 0.400. The summed E-state index contributed by atoms with van der Waals surface area (Å²) >= 11 is 0. The van der Waals surface area contributed by atoms with E-state index in [1.807, 2.05) is 0 Å². The molecule has 130 valence electrons. The van der Waals surface area contributed by atoms with Gasteiger partial charge in [0, 0.05) is 6.08 Å². The molecular formula is C15H17NO7S. The van der Waals surface area contributed by atoms with Gasteiger partial charge in [-0.1, -0.05) is 6.58 Å². The van der Waals surface area contributed by atoms with E-state index >= 15 is 0 Å². The van der Waals surface area contributed by atoms with Crippen molar-refractivity contribution in [2.24, 2.45) is 0 Å². The van der Waals surface area contributed by atoms with E-state index in [2.05, 4.69) is 6.58 Å². The smallest absolute Gasteiger partial charge is 0.352 e. The van der Waals surface area contributed by atoms with Crippen molar-refractivity contribution in [2.45, 2.75) is 38.7 Å². The summed E-state index contributed by atoms with van der Waals surface area (Å²) in [5.41, 5.74) is -1.72. The number of fused-ring (bicyclic) bond motifs is 1. The molecule has 2 heterocycles. The Kier molecular flexibility index (Phi) is 3.96. The molecule has 0 spiro atoms. The molecule has 2 aliphatic heterocycles. The molecule has 0 aromatic rings. The lowest BCUT2D eigenvalue weighted by atomic mass is 10.0. The number of β-lactam (4-membered cyclic amide) rings is 1. The van der Waals surface area contributed by atoms with Crippen LogP contribution in [0.15, 0.2) is 34.4 Å². The van der Waals surface area contributed by atoms with Crippen molar-refractivity contribution in [1.82, 2.24) is 4.90 Å². The van der Waals surface area contributed by atoms with Crippen molar-refractivity contribution < 1.29 is 32.6 Å². The maximum Gasteiger partial charge on any atom is 0.352 e. The van der Waals surface area contributed by atoms with E-state index in [1.165, 1.54) is 6.92 Å². The van der Waals surface area contributed by atoms with E-state index in [9.17, 15) is 27.9 Å². The van der Waals surface area contributed by atoms with Gasteiger partial charge in [0.1, 0.15) is 11.3 Å². The lowest BCUT2D eigenvalue weighted by Gasteiger charge is -2.45. The van der Waals surface area contributed by atoms with Crippen LogP contribution in [0.2, 0.25) is 0 Å². The van der Waals surface area contributed by atoms with Crippen molar-refractivity contribution in [3.63, 3.8) is 0 Å². The molecule has 0 aromatic carbocycles. The second kappa shape index (κ2) is 5.30. The quantitative estimate of drug-likeness (QED) is 0.440. The second-order valence-electron chi connectivity index (χ2n) is 6.41. The Bertz CT molecular complexity index is 840. The largest absolute Gasteiger partial charge is 0.477 e. The Balaban J connectivity index is 2.51. The SMILES string of the molecule is C=C1C(C)=C(C(=O)O)N2C(=O)/C(=C/C(=O)OC(C)(C)C)C2S1(=O)=O. The topological polar surface area (TPSA) is 118 Å². The Labute approximate surface area is 139 Å². The average Bonchev–Trinajstić information content (AvgIpc) is 2.40. The van der Waals surface area contributed by atoms with Gasteiger partial charge >= 0.3 is 11.9 Å². The standard InChI is InChI=1S/C15H17NO7S/c1-7-8(2)24(21,22)13-9(6-10(17)23-15(3,4)5)12(18)16(13)11(7)14(19)20/h6,13H,2H2,1,3-5H3,(H,19,20)/b9-6-. The summed E-state index contributed by atoms with van der Waals surface area (Å²) in [5, 5.41) is 7.69. The third kappa shape index (κ3) is 2.64. The average molecular weight is 355 g/mol. The zero-order chi connectivity index (χ0) is 18.6. The first-order valence-corrected chi connectivity index (χ1v) is 8.49. The molecule has 1 N–H and O–H groups in total. The van der Waals surface area contributed by atoms with Crippen LogP contribution in [0.1, 0.15) is 27.7 Å². The molecular weight excluding hydrogens is 338 g/mol. The van der Waals surface area contributed by atoms with Gasteiger partial charge in [0.05, 0.1) is 10.5 Å². The minimum absolute atomic E-state index is 0.108. The summed E-state index contributed by atoms with van der Waals surface area (Å²) in [6.07, 6.45) is 0.791. The fourth-order valence-electron chi connectivity index (χ4n) is 2.46. The van der Waals surface area contributed by atoms with Crippen molar-refractivity contribution in [3.8, 4) is 0 Å². The zero-order valence-corrected chi connectivity index (χ0v) is 14.4. The van der Waals surface area contributed by atoms with Crippen LogP contribution in [-0.2, 0) is 29.0 Å². The number of hydrogen-bond donors (Lipinski definition) is 1. The minimum Gasteiger partial charge on any atom is -0.477 e. The van der Waals surface area contributed by atoms with Crippen LogP contribution in [0.25, 0.3) is 0 Å². The lowest BCUT2D eigenvalue weighted by molar-refractivity contribution is -0.149. The molecule has 24 heavy (non-hydrogen) atoms. The second-order valence-corrected chi connectivity index (χ2v) is 8.44. The third-order valence-electron chi connectivity index (χ3n) is 3.50. The number of nitrogens with zero attached hydrogens (tertiary/aromatic N) is 1. The van der Waals surface area contributed by atoms with Crippen molar-refractivity contribution >= 4 is 27.7 Å². The molecule has 0 aliphatic carbocycles. The van der Waals surface area contributed by atoms with E-state index in [0.717, 1.165) is 6.08 Å². The highest BCUT2D eigenvalue weighted by Gasteiger charge is 2.57. The Hall–Kier alpha value is -2.42. The van der Waals surface area contributed by atoms with Crippen molar-refractivity contribution in [2.75, 3.05) is 0 Å². The number of carbonyl (C=O) groups is 3. The molecule has 9 heteroatoms. The first kappa shape index (κ1) is 17.9. The van der Waals surface area contributed by atoms with Crippen LogP contribution in [0.3, 0.4) is 0 Å². The molecule has 2 rings (SSSR count). The summed E-state index contributed by atoms with van der Waals surface area (Å²) in [7, 11) is -4.08. The Morgan fingerprint density at radius 1 is 1.33 bits per heavy atom. The van der Waals surface area contributed by atoms with Crippen LogP contribution in [0.4, 0.5) is 0 Å². The predicted octanol–water partition coefficient (Wildman–Crippen LogP) is 0.724. The van der Waals surface area contributed by atoms with E-state index in [1.54, 1.807) is 20.8 Å². The van der Waals surface area contributed by atoms with Crippen molar-refractivity contribution in [1.29, 1.82) is 0 Å². The van der Waals surface area contributed by atoms with Gasteiger partial charge in [0.15, 0.2) is 5.37 Å². The molecule has 1 fully saturated rings. The van der Waals surface area contributed by atoms with Gasteiger partial charge < -0.3 is 9.84 Å². The van der Waals surface area contributed by atoms with Gasteiger partial charge in [0.2, 0.25) is 9.84 Å². The number of rotatable bonds is 2. The molecule has 0 saturated carbocycles. The number of ether oxygens (including phenoxy) is 1. The number of amides is 1. The van der Waals surface area contributed by atoms with Gasteiger partial charge in [0.25, 0.3) is 5.91 Å². The lowest BCUT2D eigenvalue weighted by Crippen LogP contribution is -2.61. The molecule has 0 radical (unpaired) electrons. The van der Waals surface area contributed by atoms with Crippen molar-refractivity contribution in [3.05, 3.63) is 34.4 Å². The monoisotopic (exact) mass is 355 g/mol. The van der Waals surface area contributed by atoms with Gasteiger partial charge in [-0.3, -0.25) is 9.69 Å². The summed E-state index contributed by atoms with van der Waals surface area (Å²) in [5.74, 6) is -3.19. The van der Waals surface area contributed by atoms with Gasteiger partial charge in [-0.2, -0.15) is 0 Å². The number of sulfone groups is 1. The molecule has 1 atom stereocenters. The summed E-state index contributed by atoms with van der Waals surface area (Å²) in [6, 6.07) is 0. The van der Waals surface area contributed by atoms with E-state index in [-0.39, 0.29) is 16.1 Å². The highest BCUT2D eigenvalue weighted by atomic mass is 32.2. The molecule has 1 amide bonds. The zero-order valence-electron chi connectivity index (χ0n) is 13.6. The fourth-order valence-corrected chi connectivity index (χ4v) is 4.24. The Morgan fingerprint density at radius 2 is 1.88 bits per heavy atom. The molecule has 0 aromatic heterocycles. The summed E-state index contributed by atoms with van der Waals surface area (Å²) in [6.45, 7) is 9.52. The number of carboxylic acids is 1. The first-order valence-electron chi connectivity index (χ1n) is 6.94. The molecule has 1 saturated heterocycles. The van der Waals surface area contributed by atoms with E-state index < -0.39 is 44.4 Å². The molecule has 8 nitrogen and oxygen atoms in total. The number of carbonyl (C=O) groups excluding carboxylic acids is 2. The van der Waals surface area contributed by atoms with E-state index in [0.29, 0.717) is 4.90 Å². The minimum atomic E-state index is -4.08. The van der Waals surface area contributed by atoms with Gasteiger partial charge in [-0.05, 0) is 33.3 Å². The summed E-state index contributed by atoms with van der Waals surface area (Å²) < 4.78 is 30.0. The van der Waals surface area contributed by atoms with Crippen LogP contribution in [0.5, 0.6) is 0 Å². The third-order valence-corrected chi connectivity index (χ3v) is 5.55. The number of aliphatic carboxylic acids is 1. The molecule has 0 bridgehead atoms. The number of hydrogen-bond acceptors (Lipinski definition) is 6. The highest BCUT2D eigenvalue weighted by molar-refractivity contribution is 7.96. The van der Waals surface area contributed by atoms with Crippen LogP contribution >= 0.6 is 0 Å².